The van der Waals surface area contributed by atoms with Gasteiger partial charge in [-0.2, -0.15) is 0 Å². The topological polar surface area (TPSA) is 26.3 Å². The molecule has 0 spiro atoms. The predicted octanol–water partition coefficient (Wildman–Crippen LogP) is 2.49. The Morgan fingerprint density at radius 1 is 1.35 bits per heavy atom. The van der Waals surface area contributed by atoms with Gasteiger partial charge in [-0.15, -0.1) is 0 Å². The fourth-order valence-corrected chi connectivity index (χ4v) is 2.45. The molecule has 2 nitrogen and oxygen atoms in total. The maximum Gasteiger partial charge on any atom is 0.306 e. The molecule has 1 aromatic rings. The number of carbonyl (C=O) groups is 1. The second-order valence-corrected chi connectivity index (χ2v) is 4.29. The summed E-state index contributed by atoms with van der Waals surface area (Å²) in [4.78, 5) is 11.6. The highest BCUT2D eigenvalue weighted by Gasteiger charge is 2.55. The Bertz CT molecular complexity index is 397. The molecule has 17 heavy (non-hydrogen) atoms. The lowest BCUT2D eigenvalue weighted by molar-refractivity contribution is -0.144. The molecule has 0 amide bonds. The van der Waals surface area contributed by atoms with Crippen LogP contribution in [0.2, 0.25) is 5.82 Å². The molecule has 1 saturated carbocycles. The van der Waals surface area contributed by atoms with Gasteiger partial charge in [-0.25, -0.2) is 0 Å². The quantitative estimate of drug-likeness (QED) is 0.596. The van der Waals surface area contributed by atoms with Crippen LogP contribution >= 0.6 is 0 Å². The van der Waals surface area contributed by atoms with E-state index >= 15 is 0 Å². The SMILES string of the molecule is CCOC(=O)[C@@H]1C(c2ccccc2)[C@@H]1[BH-](F)F. The molecule has 0 aromatic heterocycles. The van der Waals surface area contributed by atoms with Crippen LogP contribution in [0.15, 0.2) is 30.3 Å². The van der Waals surface area contributed by atoms with E-state index in [1.807, 2.05) is 6.07 Å². The number of carbonyl (C=O) groups excluding carboxylic acids is 1. The van der Waals surface area contributed by atoms with Crippen LogP contribution in [0.1, 0.15) is 18.4 Å². The van der Waals surface area contributed by atoms with Crippen LogP contribution in [0, 0.1) is 5.92 Å². The number of halogens is 2. The molecule has 5 heteroatoms. The van der Waals surface area contributed by atoms with Gasteiger partial charge < -0.3 is 13.4 Å². The molecule has 0 bridgehead atoms. The van der Waals surface area contributed by atoms with Crippen molar-refractivity contribution in [2.45, 2.75) is 18.7 Å². The van der Waals surface area contributed by atoms with Crippen molar-refractivity contribution >= 4 is 13.2 Å². The molecule has 0 N–H and O–H groups in total. The van der Waals surface area contributed by atoms with Gasteiger partial charge in [-0.05, 0) is 18.4 Å². The van der Waals surface area contributed by atoms with Crippen LogP contribution in [-0.2, 0) is 9.53 Å². The molecule has 0 heterocycles. The molecule has 1 aromatic carbocycles. The molecule has 1 fully saturated rings. The van der Waals surface area contributed by atoms with Gasteiger partial charge in [0.2, 0.25) is 0 Å². The van der Waals surface area contributed by atoms with Crippen molar-refractivity contribution < 1.29 is 18.2 Å². The zero-order valence-electron chi connectivity index (χ0n) is 9.61. The van der Waals surface area contributed by atoms with Gasteiger partial charge in [0, 0.05) is 5.92 Å². The summed E-state index contributed by atoms with van der Waals surface area (Å²) in [7, 11) is -3.27. The first-order chi connectivity index (χ1) is 8.16. The summed E-state index contributed by atoms with van der Waals surface area (Å²) in [6.07, 6.45) is 0. The van der Waals surface area contributed by atoms with Crippen molar-refractivity contribution in [2.24, 2.45) is 5.92 Å². The number of rotatable bonds is 4. The van der Waals surface area contributed by atoms with Crippen molar-refractivity contribution in [1.82, 2.24) is 0 Å². The highest BCUT2D eigenvalue weighted by atomic mass is 19.2. The molecule has 2 rings (SSSR count). The standard InChI is InChI=1S/C12H14BF2O2/c1-2-17-12(16)10-9(11(10)13(14)15)8-6-4-3-5-7-8/h3-7,9-11,13H,2H2,1H3/q-1/t9?,10-,11+/m1/s1. The number of benzene rings is 1. The minimum atomic E-state index is -3.27. The van der Waals surface area contributed by atoms with Crippen molar-refractivity contribution in [3.63, 3.8) is 0 Å². The zero-order valence-corrected chi connectivity index (χ0v) is 9.61. The molecule has 0 aliphatic heterocycles. The number of ether oxygens (including phenoxy) is 1. The van der Waals surface area contributed by atoms with Crippen molar-refractivity contribution in [2.75, 3.05) is 6.61 Å². The van der Waals surface area contributed by atoms with Crippen molar-refractivity contribution in [1.29, 1.82) is 0 Å². The monoisotopic (exact) mass is 239 g/mol. The molecule has 3 atom stereocenters. The third-order valence-electron chi connectivity index (χ3n) is 3.27. The fraction of sp³-hybridized carbons (Fsp3) is 0.417. The second kappa shape index (κ2) is 4.86. The Labute approximate surface area is 99.1 Å². The number of hydrogen-bond acceptors (Lipinski definition) is 2. The van der Waals surface area contributed by atoms with Crippen molar-refractivity contribution in [3.8, 4) is 0 Å². The van der Waals surface area contributed by atoms with Gasteiger partial charge in [0.25, 0.3) is 7.27 Å². The molecule has 0 radical (unpaired) electrons. The second-order valence-electron chi connectivity index (χ2n) is 4.29. The zero-order chi connectivity index (χ0) is 12.4. The summed E-state index contributed by atoms with van der Waals surface area (Å²) in [6.45, 7) is 1.92. The van der Waals surface area contributed by atoms with Crippen LogP contribution < -0.4 is 0 Å². The normalized spacial score (nSPS) is 26.9. The molecule has 1 aliphatic carbocycles. The van der Waals surface area contributed by atoms with E-state index < -0.39 is 25.0 Å². The summed E-state index contributed by atoms with van der Waals surface area (Å²) in [5.41, 5.74) is 0.809. The summed E-state index contributed by atoms with van der Waals surface area (Å²) < 4.78 is 30.6. The van der Waals surface area contributed by atoms with E-state index in [1.165, 1.54) is 0 Å². The largest absolute Gasteiger partial charge is 0.481 e. The van der Waals surface area contributed by atoms with Gasteiger partial charge in [-0.3, -0.25) is 4.79 Å². The van der Waals surface area contributed by atoms with Gasteiger partial charge >= 0.3 is 5.97 Å². The molecular formula is C12H14BF2O2-. The van der Waals surface area contributed by atoms with Crippen molar-refractivity contribution in [3.05, 3.63) is 35.9 Å². The Kier molecular flexibility index (Phi) is 3.45. The summed E-state index contributed by atoms with van der Waals surface area (Å²) in [5.74, 6) is -2.30. The first kappa shape index (κ1) is 12.1. The van der Waals surface area contributed by atoms with Gasteiger partial charge in [0.05, 0.1) is 6.61 Å². The van der Waals surface area contributed by atoms with E-state index in [9.17, 15) is 13.4 Å². The lowest BCUT2D eigenvalue weighted by atomic mass is 9.86. The predicted molar refractivity (Wildman–Crippen MR) is 62.4 cm³/mol. The van der Waals surface area contributed by atoms with E-state index in [-0.39, 0.29) is 12.5 Å². The highest BCUT2D eigenvalue weighted by Crippen LogP contribution is 2.61. The molecule has 0 saturated heterocycles. The average Bonchev–Trinajstić information content (AvgIpc) is 3.06. The fourth-order valence-electron chi connectivity index (χ4n) is 2.45. The van der Waals surface area contributed by atoms with E-state index in [4.69, 9.17) is 4.74 Å². The molecule has 1 unspecified atom stereocenters. The van der Waals surface area contributed by atoms with Crippen LogP contribution in [0.3, 0.4) is 0 Å². The highest BCUT2D eigenvalue weighted by molar-refractivity contribution is 6.47. The van der Waals surface area contributed by atoms with E-state index in [1.54, 1.807) is 31.2 Å². The Morgan fingerprint density at radius 2 is 2.00 bits per heavy atom. The third-order valence-corrected chi connectivity index (χ3v) is 3.27. The number of esters is 1. The maximum absolute atomic E-state index is 12.9. The Balaban J connectivity index is 2.15. The van der Waals surface area contributed by atoms with Crippen LogP contribution in [0.25, 0.3) is 0 Å². The van der Waals surface area contributed by atoms with Gasteiger partial charge in [0.15, 0.2) is 0 Å². The van der Waals surface area contributed by atoms with Crippen LogP contribution in [0.5, 0.6) is 0 Å². The minimum Gasteiger partial charge on any atom is -0.481 e. The summed E-state index contributed by atoms with van der Waals surface area (Å²) in [6, 6.07) is 9.01. The first-order valence-electron chi connectivity index (χ1n) is 5.83. The molecule has 1 aliphatic rings. The lowest BCUT2D eigenvalue weighted by Crippen LogP contribution is -2.09. The summed E-state index contributed by atoms with van der Waals surface area (Å²) in [5, 5.41) is 0. The first-order valence-corrected chi connectivity index (χ1v) is 5.83. The van der Waals surface area contributed by atoms with E-state index in [0.29, 0.717) is 0 Å². The lowest BCUT2D eigenvalue weighted by Gasteiger charge is -2.03. The van der Waals surface area contributed by atoms with Gasteiger partial charge in [0.1, 0.15) is 0 Å². The van der Waals surface area contributed by atoms with Crippen LogP contribution in [-0.4, -0.2) is 19.8 Å². The average molecular weight is 239 g/mol. The van der Waals surface area contributed by atoms with Gasteiger partial charge in [-0.1, -0.05) is 36.1 Å². The smallest absolute Gasteiger partial charge is 0.306 e. The maximum atomic E-state index is 12.9. The Hall–Kier alpha value is -1.39. The molecular weight excluding hydrogens is 225 g/mol. The van der Waals surface area contributed by atoms with Crippen LogP contribution in [0.4, 0.5) is 8.63 Å². The minimum absolute atomic E-state index is 0.238. The summed E-state index contributed by atoms with van der Waals surface area (Å²) >= 11 is 0. The number of hydrogen-bond donors (Lipinski definition) is 0. The van der Waals surface area contributed by atoms with E-state index in [0.717, 1.165) is 5.56 Å². The molecule has 92 valence electrons. The third kappa shape index (κ3) is 2.33. The Morgan fingerprint density at radius 3 is 2.53 bits per heavy atom. The van der Waals surface area contributed by atoms with E-state index in [2.05, 4.69) is 0 Å².